The molecule has 2 aromatic rings. The second kappa shape index (κ2) is 9.24. The Morgan fingerprint density at radius 2 is 1.64 bits per heavy atom. The largest absolute Gasteiger partial charge is 0.352 e. The van der Waals surface area contributed by atoms with Crippen molar-refractivity contribution in [2.45, 2.75) is 52.0 Å². The van der Waals surface area contributed by atoms with Crippen molar-refractivity contribution in [3.05, 3.63) is 59.7 Å². The number of sulfonamides is 1. The smallest absolute Gasteiger partial charge is 0.264 e. The summed E-state index contributed by atoms with van der Waals surface area (Å²) in [5, 5.41) is 2.90. The molecule has 2 rings (SSSR count). The van der Waals surface area contributed by atoms with Crippen LogP contribution in [0.15, 0.2) is 53.4 Å². The molecule has 0 aliphatic rings. The fourth-order valence-corrected chi connectivity index (χ4v) is 4.25. The van der Waals surface area contributed by atoms with E-state index >= 15 is 0 Å². The van der Waals surface area contributed by atoms with Crippen LogP contribution in [0, 0.1) is 12.8 Å². The molecule has 6 heteroatoms. The number of carbonyl (C=O) groups excluding carboxylic acids is 1. The minimum atomic E-state index is -3.88. The lowest BCUT2D eigenvalue weighted by Crippen LogP contribution is -2.45. The molecule has 28 heavy (non-hydrogen) atoms. The molecule has 1 amide bonds. The molecule has 0 spiro atoms. The molecule has 0 saturated heterocycles. The van der Waals surface area contributed by atoms with Gasteiger partial charge in [0.15, 0.2) is 0 Å². The van der Waals surface area contributed by atoms with Gasteiger partial charge < -0.3 is 5.32 Å². The summed E-state index contributed by atoms with van der Waals surface area (Å²) in [6, 6.07) is 14.0. The summed E-state index contributed by atoms with van der Waals surface area (Å²) in [6.45, 7) is 9.56. The zero-order chi connectivity index (χ0) is 20.9. The molecule has 0 unspecified atom stereocenters. The highest BCUT2D eigenvalue weighted by atomic mass is 32.2. The van der Waals surface area contributed by atoms with Gasteiger partial charge in [-0.05, 0) is 49.9 Å². The van der Waals surface area contributed by atoms with E-state index < -0.39 is 10.0 Å². The lowest BCUT2D eigenvalue weighted by molar-refractivity contribution is -0.120. The van der Waals surface area contributed by atoms with Crippen molar-refractivity contribution in [2.24, 2.45) is 5.92 Å². The SMILES string of the molecule is CCc1ccccc1N(CC(=O)N[C@@H](C)C(C)C)S(=O)(=O)c1ccc(C)cc1. The first kappa shape index (κ1) is 22.0. The number of hydrogen-bond donors (Lipinski definition) is 1. The van der Waals surface area contributed by atoms with Crippen molar-refractivity contribution in [1.29, 1.82) is 0 Å². The summed E-state index contributed by atoms with van der Waals surface area (Å²) in [5.41, 5.74) is 2.39. The van der Waals surface area contributed by atoms with E-state index in [0.717, 1.165) is 11.1 Å². The van der Waals surface area contributed by atoms with Gasteiger partial charge in [0.05, 0.1) is 10.6 Å². The van der Waals surface area contributed by atoms with E-state index in [-0.39, 0.29) is 29.3 Å². The molecule has 1 atom stereocenters. The molecule has 5 nitrogen and oxygen atoms in total. The Hall–Kier alpha value is -2.34. The molecule has 0 aliphatic heterocycles. The highest BCUT2D eigenvalue weighted by Gasteiger charge is 2.29. The first-order valence-corrected chi connectivity index (χ1v) is 11.1. The van der Waals surface area contributed by atoms with Gasteiger partial charge >= 0.3 is 0 Å². The number of nitrogens with one attached hydrogen (secondary N) is 1. The van der Waals surface area contributed by atoms with Crippen molar-refractivity contribution >= 4 is 21.6 Å². The van der Waals surface area contributed by atoms with Crippen molar-refractivity contribution in [1.82, 2.24) is 5.32 Å². The van der Waals surface area contributed by atoms with Crippen LogP contribution in [0.25, 0.3) is 0 Å². The van der Waals surface area contributed by atoms with Crippen LogP contribution in [-0.2, 0) is 21.2 Å². The van der Waals surface area contributed by atoms with Crippen LogP contribution in [-0.4, -0.2) is 26.9 Å². The van der Waals surface area contributed by atoms with Crippen LogP contribution >= 0.6 is 0 Å². The van der Waals surface area contributed by atoms with Crippen LogP contribution in [0.1, 0.15) is 38.8 Å². The van der Waals surface area contributed by atoms with E-state index in [2.05, 4.69) is 5.32 Å². The van der Waals surface area contributed by atoms with Gasteiger partial charge in [-0.3, -0.25) is 9.10 Å². The molecule has 0 fully saturated rings. The van der Waals surface area contributed by atoms with Crippen molar-refractivity contribution in [3.63, 3.8) is 0 Å². The van der Waals surface area contributed by atoms with E-state index in [1.807, 2.05) is 46.8 Å². The topological polar surface area (TPSA) is 66.5 Å². The van der Waals surface area contributed by atoms with Gasteiger partial charge in [-0.2, -0.15) is 0 Å². The normalized spacial score (nSPS) is 12.6. The van der Waals surface area contributed by atoms with Crippen molar-refractivity contribution < 1.29 is 13.2 Å². The average molecular weight is 403 g/mol. The lowest BCUT2D eigenvalue weighted by atomic mass is 10.1. The highest BCUT2D eigenvalue weighted by molar-refractivity contribution is 7.92. The summed E-state index contributed by atoms with van der Waals surface area (Å²) in [6.07, 6.45) is 0.667. The van der Waals surface area contributed by atoms with Crippen LogP contribution in [0.4, 0.5) is 5.69 Å². The molecule has 0 saturated carbocycles. The maximum atomic E-state index is 13.4. The van der Waals surface area contributed by atoms with Crippen LogP contribution in [0.5, 0.6) is 0 Å². The molecule has 2 aromatic carbocycles. The van der Waals surface area contributed by atoms with Crippen LogP contribution in [0.3, 0.4) is 0 Å². The van der Waals surface area contributed by atoms with E-state index in [1.165, 1.54) is 4.31 Å². The first-order valence-electron chi connectivity index (χ1n) is 9.63. The van der Waals surface area contributed by atoms with Crippen LogP contribution < -0.4 is 9.62 Å². The summed E-state index contributed by atoms with van der Waals surface area (Å²) >= 11 is 0. The van der Waals surface area contributed by atoms with E-state index in [4.69, 9.17) is 0 Å². The van der Waals surface area contributed by atoms with Crippen molar-refractivity contribution in [2.75, 3.05) is 10.8 Å². The van der Waals surface area contributed by atoms with Gasteiger partial charge in [-0.15, -0.1) is 0 Å². The molecule has 0 bridgehead atoms. The Bertz CT molecular complexity index is 906. The number of carbonyl (C=O) groups is 1. The van der Waals surface area contributed by atoms with E-state index in [1.54, 1.807) is 36.4 Å². The molecule has 0 radical (unpaired) electrons. The third-order valence-corrected chi connectivity index (χ3v) is 6.70. The number of hydrogen-bond acceptors (Lipinski definition) is 3. The second-order valence-electron chi connectivity index (χ2n) is 7.41. The Balaban J connectivity index is 2.47. The maximum Gasteiger partial charge on any atom is 0.264 e. The fourth-order valence-electron chi connectivity index (χ4n) is 2.79. The number of amides is 1. The van der Waals surface area contributed by atoms with Gasteiger partial charge in [-0.1, -0.05) is 56.7 Å². The van der Waals surface area contributed by atoms with E-state index in [9.17, 15) is 13.2 Å². The zero-order valence-electron chi connectivity index (χ0n) is 17.3. The minimum Gasteiger partial charge on any atom is -0.352 e. The zero-order valence-corrected chi connectivity index (χ0v) is 18.1. The average Bonchev–Trinajstić information content (AvgIpc) is 2.66. The highest BCUT2D eigenvalue weighted by Crippen LogP contribution is 2.27. The summed E-state index contributed by atoms with van der Waals surface area (Å²) in [4.78, 5) is 12.8. The molecular weight excluding hydrogens is 372 g/mol. The molecule has 152 valence electrons. The van der Waals surface area contributed by atoms with Gasteiger partial charge in [0, 0.05) is 6.04 Å². The summed E-state index contributed by atoms with van der Waals surface area (Å²) < 4.78 is 28.0. The minimum absolute atomic E-state index is 0.0437. The summed E-state index contributed by atoms with van der Waals surface area (Å²) in [7, 11) is -3.88. The first-order chi connectivity index (χ1) is 13.2. The lowest BCUT2D eigenvalue weighted by Gasteiger charge is -2.27. The summed E-state index contributed by atoms with van der Waals surface area (Å²) in [5.74, 6) is -0.0585. The second-order valence-corrected chi connectivity index (χ2v) is 9.27. The Morgan fingerprint density at radius 1 is 1.04 bits per heavy atom. The number of aryl methyl sites for hydroxylation is 2. The molecular formula is C22H30N2O3S. The number of benzene rings is 2. The standard InChI is InChI=1S/C22H30N2O3S/c1-6-19-9-7-8-10-21(19)24(15-22(25)23-18(5)16(2)3)28(26,27)20-13-11-17(4)12-14-20/h7-14,16,18H,6,15H2,1-5H3,(H,23,25)/t18-/m0/s1. The Labute approximate surface area is 168 Å². The fraction of sp³-hybridized carbons (Fsp3) is 0.409. The van der Waals surface area contributed by atoms with Gasteiger partial charge in [-0.25, -0.2) is 8.42 Å². The molecule has 0 aliphatic carbocycles. The molecule has 0 heterocycles. The number of nitrogens with zero attached hydrogens (tertiary/aromatic N) is 1. The number of para-hydroxylation sites is 1. The Morgan fingerprint density at radius 3 is 2.21 bits per heavy atom. The van der Waals surface area contributed by atoms with Gasteiger partial charge in [0.2, 0.25) is 5.91 Å². The predicted octanol–water partition coefficient (Wildman–Crippen LogP) is 3.91. The third-order valence-electron chi connectivity index (χ3n) is 4.93. The maximum absolute atomic E-state index is 13.4. The molecule has 1 N–H and O–H groups in total. The van der Waals surface area contributed by atoms with Crippen molar-refractivity contribution in [3.8, 4) is 0 Å². The monoisotopic (exact) mass is 402 g/mol. The van der Waals surface area contributed by atoms with Gasteiger partial charge in [0.1, 0.15) is 6.54 Å². The molecule has 0 aromatic heterocycles. The predicted molar refractivity (Wildman–Crippen MR) is 114 cm³/mol. The number of rotatable bonds is 8. The third kappa shape index (κ3) is 5.13. The van der Waals surface area contributed by atoms with Crippen LogP contribution in [0.2, 0.25) is 0 Å². The quantitative estimate of drug-likeness (QED) is 0.728. The number of anilines is 1. The Kier molecular flexibility index (Phi) is 7.24. The van der Waals surface area contributed by atoms with Gasteiger partial charge in [0.25, 0.3) is 10.0 Å². The van der Waals surface area contributed by atoms with E-state index in [0.29, 0.717) is 12.1 Å².